The summed E-state index contributed by atoms with van der Waals surface area (Å²) in [5.41, 5.74) is 1.39. The summed E-state index contributed by atoms with van der Waals surface area (Å²) in [6.07, 6.45) is 0.950. The van der Waals surface area contributed by atoms with Crippen molar-refractivity contribution < 1.29 is 13.9 Å². The van der Waals surface area contributed by atoms with Gasteiger partial charge in [0.15, 0.2) is 0 Å². The van der Waals surface area contributed by atoms with E-state index in [4.69, 9.17) is 4.74 Å². The molecule has 0 spiro atoms. The fourth-order valence-corrected chi connectivity index (χ4v) is 3.24. The smallest absolute Gasteiger partial charge is 0.232 e. The van der Waals surface area contributed by atoms with Crippen molar-refractivity contribution in [2.75, 3.05) is 30.0 Å². The lowest BCUT2D eigenvalue weighted by molar-refractivity contribution is -0.120. The molecule has 4 nitrogen and oxygen atoms in total. The number of benzene rings is 1. The first-order valence-electron chi connectivity index (χ1n) is 6.76. The highest BCUT2D eigenvalue weighted by Gasteiger charge is 2.41. The van der Waals surface area contributed by atoms with E-state index in [1.165, 1.54) is 6.07 Å². The predicted molar refractivity (Wildman–Crippen MR) is 78.5 cm³/mol. The van der Waals surface area contributed by atoms with Crippen molar-refractivity contribution in [2.45, 2.75) is 19.4 Å². The highest BCUT2D eigenvalue weighted by molar-refractivity contribution is 9.10. The summed E-state index contributed by atoms with van der Waals surface area (Å²) in [5.74, 6) is -0.659. The Morgan fingerprint density at radius 3 is 3.05 bits per heavy atom. The fourth-order valence-electron chi connectivity index (χ4n) is 2.91. The van der Waals surface area contributed by atoms with Crippen LogP contribution < -0.4 is 10.2 Å². The standard InChI is InChI=1S/C14H16BrFN2O2/c1-2-3-18-12-4-9(15)10(16)5-11(12)17-14(19)8-6-20-7-13(8)18/h4-5,8,13H,2-3,6-7H2,1H3,(H,17,19). The molecule has 0 radical (unpaired) electrons. The van der Waals surface area contributed by atoms with Gasteiger partial charge in [0, 0.05) is 12.6 Å². The number of carbonyl (C=O) groups is 1. The fraction of sp³-hybridized carbons (Fsp3) is 0.500. The zero-order valence-electron chi connectivity index (χ0n) is 11.2. The zero-order valence-corrected chi connectivity index (χ0v) is 12.7. The van der Waals surface area contributed by atoms with Crippen molar-refractivity contribution in [2.24, 2.45) is 5.92 Å². The van der Waals surface area contributed by atoms with E-state index in [1.807, 2.05) is 0 Å². The van der Waals surface area contributed by atoms with Crippen LogP contribution in [-0.4, -0.2) is 31.7 Å². The van der Waals surface area contributed by atoms with Gasteiger partial charge in [-0.05, 0) is 28.4 Å². The van der Waals surface area contributed by atoms with E-state index < -0.39 is 0 Å². The number of hydrogen-bond acceptors (Lipinski definition) is 3. The Hall–Kier alpha value is -1.14. The lowest BCUT2D eigenvalue weighted by Crippen LogP contribution is -2.43. The van der Waals surface area contributed by atoms with Crippen LogP contribution >= 0.6 is 15.9 Å². The number of halogens is 2. The molecule has 2 unspecified atom stereocenters. The van der Waals surface area contributed by atoms with Crippen molar-refractivity contribution in [1.29, 1.82) is 0 Å². The van der Waals surface area contributed by atoms with Gasteiger partial charge >= 0.3 is 0 Å². The average Bonchev–Trinajstić information content (AvgIpc) is 2.86. The van der Waals surface area contributed by atoms with Crippen molar-refractivity contribution in [3.05, 3.63) is 22.4 Å². The maximum atomic E-state index is 13.7. The van der Waals surface area contributed by atoms with Crippen LogP contribution in [0.15, 0.2) is 16.6 Å². The SMILES string of the molecule is CCCN1c2cc(Br)c(F)cc2NC(=O)C2COCC21. The summed E-state index contributed by atoms with van der Waals surface area (Å²) in [6.45, 7) is 3.86. The molecule has 1 amide bonds. The van der Waals surface area contributed by atoms with Gasteiger partial charge in [-0.1, -0.05) is 6.92 Å². The van der Waals surface area contributed by atoms with Gasteiger partial charge in [-0.25, -0.2) is 4.39 Å². The van der Waals surface area contributed by atoms with Crippen molar-refractivity contribution >= 4 is 33.2 Å². The largest absolute Gasteiger partial charge is 0.378 e. The van der Waals surface area contributed by atoms with Gasteiger partial charge in [-0.15, -0.1) is 0 Å². The Morgan fingerprint density at radius 2 is 2.30 bits per heavy atom. The van der Waals surface area contributed by atoms with Crippen molar-refractivity contribution in [3.8, 4) is 0 Å². The highest BCUT2D eigenvalue weighted by atomic mass is 79.9. The number of carbonyl (C=O) groups excluding carboxylic acids is 1. The second-order valence-corrected chi connectivity index (χ2v) is 6.03. The molecule has 6 heteroatoms. The minimum atomic E-state index is -0.371. The molecule has 0 saturated carbocycles. The van der Waals surface area contributed by atoms with Gasteiger partial charge in [-0.3, -0.25) is 4.79 Å². The topological polar surface area (TPSA) is 41.6 Å². The molecule has 1 aromatic carbocycles. The Kier molecular flexibility index (Phi) is 3.69. The summed E-state index contributed by atoms with van der Waals surface area (Å²) >= 11 is 3.22. The number of hydrogen-bond donors (Lipinski definition) is 1. The summed E-state index contributed by atoms with van der Waals surface area (Å²) in [6, 6.07) is 3.14. The van der Waals surface area contributed by atoms with Gasteiger partial charge in [0.2, 0.25) is 5.91 Å². The van der Waals surface area contributed by atoms with E-state index in [-0.39, 0.29) is 23.7 Å². The van der Waals surface area contributed by atoms with Gasteiger partial charge < -0.3 is 15.0 Å². The average molecular weight is 343 g/mol. The first kappa shape index (κ1) is 13.8. The number of anilines is 2. The van der Waals surface area contributed by atoms with E-state index in [0.29, 0.717) is 23.4 Å². The minimum Gasteiger partial charge on any atom is -0.378 e. The van der Waals surface area contributed by atoms with Gasteiger partial charge in [0.25, 0.3) is 0 Å². The molecule has 3 rings (SSSR count). The van der Waals surface area contributed by atoms with Gasteiger partial charge in [0.1, 0.15) is 5.82 Å². The summed E-state index contributed by atoms with van der Waals surface area (Å²) in [5, 5.41) is 2.83. The van der Waals surface area contributed by atoms with Gasteiger partial charge in [0.05, 0.1) is 41.0 Å². The van der Waals surface area contributed by atoms with E-state index in [2.05, 4.69) is 33.1 Å². The molecule has 1 fully saturated rings. The second kappa shape index (κ2) is 5.33. The Morgan fingerprint density at radius 1 is 1.50 bits per heavy atom. The van der Waals surface area contributed by atoms with E-state index in [1.54, 1.807) is 6.07 Å². The van der Waals surface area contributed by atoms with Crippen molar-refractivity contribution in [3.63, 3.8) is 0 Å². The lowest BCUT2D eigenvalue weighted by Gasteiger charge is -2.31. The molecule has 0 aromatic heterocycles. The van der Waals surface area contributed by atoms with Crippen LogP contribution in [0.3, 0.4) is 0 Å². The molecule has 2 aliphatic rings. The van der Waals surface area contributed by atoms with Crippen LogP contribution in [0.1, 0.15) is 13.3 Å². The van der Waals surface area contributed by atoms with Crippen LogP contribution in [0, 0.1) is 11.7 Å². The zero-order chi connectivity index (χ0) is 14.3. The van der Waals surface area contributed by atoms with E-state index in [0.717, 1.165) is 18.7 Å². The Labute approximate surface area is 125 Å². The van der Waals surface area contributed by atoms with Crippen LogP contribution in [-0.2, 0) is 9.53 Å². The number of nitrogens with zero attached hydrogens (tertiary/aromatic N) is 1. The number of amides is 1. The summed E-state index contributed by atoms with van der Waals surface area (Å²) < 4.78 is 19.6. The maximum Gasteiger partial charge on any atom is 0.232 e. The summed E-state index contributed by atoms with van der Waals surface area (Å²) in [4.78, 5) is 14.4. The third-order valence-corrected chi connectivity index (χ3v) is 4.47. The quantitative estimate of drug-likeness (QED) is 0.898. The van der Waals surface area contributed by atoms with Crippen LogP contribution in [0.25, 0.3) is 0 Å². The van der Waals surface area contributed by atoms with E-state index in [9.17, 15) is 9.18 Å². The summed E-state index contributed by atoms with van der Waals surface area (Å²) in [7, 11) is 0. The molecular formula is C14H16BrFN2O2. The molecule has 20 heavy (non-hydrogen) atoms. The molecular weight excluding hydrogens is 327 g/mol. The normalized spacial score (nSPS) is 24.9. The second-order valence-electron chi connectivity index (χ2n) is 5.18. The molecule has 0 bridgehead atoms. The van der Waals surface area contributed by atoms with Crippen molar-refractivity contribution in [1.82, 2.24) is 0 Å². The maximum absolute atomic E-state index is 13.7. The Bertz CT molecular complexity index is 552. The Balaban J connectivity index is 2.11. The van der Waals surface area contributed by atoms with Crippen LogP contribution in [0.5, 0.6) is 0 Å². The molecule has 0 aliphatic carbocycles. The van der Waals surface area contributed by atoms with Crippen LogP contribution in [0.2, 0.25) is 0 Å². The third-order valence-electron chi connectivity index (χ3n) is 3.86. The minimum absolute atomic E-state index is 0.0218. The molecule has 1 N–H and O–H groups in total. The highest BCUT2D eigenvalue weighted by Crippen LogP contribution is 2.38. The molecule has 1 aromatic rings. The molecule has 2 atom stereocenters. The number of nitrogens with one attached hydrogen (secondary N) is 1. The molecule has 2 aliphatic heterocycles. The lowest BCUT2D eigenvalue weighted by atomic mass is 10.0. The first-order chi connectivity index (χ1) is 9.61. The first-order valence-corrected chi connectivity index (χ1v) is 7.55. The molecule has 108 valence electrons. The molecule has 2 heterocycles. The van der Waals surface area contributed by atoms with Crippen LogP contribution in [0.4, 0.5) is 15.8 Å². The number of ether oxygens (including phenoxy) is 1. The molecule has 1 saturated heterocycles. The number of fused-ring (bicyclic) bond motifs is 2. The predicted octanol–water partition coefficient (Wildman–Crippen LogP) is 2.77. The van der Waals surface area contributed by atoms with E-state index >= 15 is 0 Å². The number of rotatable bonds is 2. The monoisotopic (exact) mass is 342 g/mol. The van der Waals surface area contributed by atoms with Gasteiger partial charge in [-0.2, -0.15) is 0 Å². The third kappa shape index (κ3) is 2.20.